The number of hydrogen-bond acceptors (Lipinski definition) is 4. The number of benzene rings is 1. The number of rotatable bonds is 4. The number of carbonyl (C=O) groups is 1. The molecule has 2 aliphatic heterocycles. The summed E-state index contributed by atoms with van der Waals surface area (Å²) in [6, 6.07) is 5.72. The summed E-state index contributed by atoms with van der Waals surface area (Å²) in [7, 11) is 0. The molecule has 29 heavy (non-hydrogen) atoms. The Morgan fingerprint density at radius 2 is 1.93 bits per heavy atom. The molecule has 0 aromatic heterocycles. The van der Waals surface area contributed by atoms with Gasteiger partial charge < -0.3 is 14.4 Å². The van der Waals surface area contributed by atoms with Crippen molar-refractivity contribution in [2.24, 2.45) is 0 Å². The summed E-state index contributed by atoms with van der Waals surface area (Å²) in [5, 5.41) is 0. The van der Waals surface area contributed by atoms with Crippen molar-refractivity contribution in [3.8, 4) is 0 Å². The van der Waals surface area contributed by atoms with E-state index in [2.05, 4.69) is 4.90 Å². The molecule has 0 saturated carbocycles. The lowest BCUT2D eigenvalue weighted by atomic mass is 10.0. The zero-order valence-electron chi connectivity index (χ0n) is 17.2. The Kier molecular flexibility index (Phi) is 6.43. The third-order valence-electron chi connectivity index (χ3n) is 5.33. The van der Waals surface area contributed by atoms with Crippen molar-refractivity contribution in [2.75, 3.05) is 26.3 Å². The van der Waals surface area contributed by atoms with Gasteiger partial charge in [-0.3, -0.25) is 4.90 Å². The second kappa shape index (κ2) is 8.52. The molecule has 0 bridgehead atoms. The number of hydrogen-bond donors (Lipinski definition) is 0. The van der Waals surface area contributed by atoms with Crippen LogP contribution >= 0.6 is 0 Å². The number of amides is 1. The van der Waals surface area contributed by atoms with Gasteiger partial charge in [-0.2, -0.15) is 13.2 Å². The van der Waals surface area contributed by atoms with Gasteiger partial charge in [0.05, 0.1) is 12.2 Å². The fourth-order valence-corrected chi connectivity index (χ4v) is 3.98. The monoisotopic (exact) mass is 414 g/mol. The van der Waals surface area contributed by atoms with Crippen LogP contribution in [0.5, 0.6) is 0 Å². The second-order valence-electron chi connectivity index (χ2n) is 8.71. The van der Waals surface area contributed by atoms with Crippen LogP contribution in [0.1, 0.15) is 44.7 Å². The molecule has 0 unspecified atom stereocenters. The molecule has 0 aliphatic carbocycles. The Labute approximate surface area is 169 Å². The van der Waals surface area contributed by atoms with E-state index in [1.807, 2.05) is 20.8 Å². The highest BCUT2D eigenvalue weighted by molar-refractivity contribution is 5.68. The Bertz CT molecular complexity index is 712. The maximum absolute atomic E-state index is 13.5. The van der Waals surface area contributed by atoms with E-state index in [0.717, 1.165) is 12.5 Å². The first-order chi connectivity index (χ1) is 13.5. The fourth-order valence-electron chi connectivity index (χ4n) is 3.98. The first kappa shape index (κ1) is 21.9. The predicted octanol–water partition coefficient (Wildman–Crippen LogP) is 4.31. The quantitative estimate of drug-likeness (QED) is 0.737. The molecule has 1 aromatic rings. The summed E-state index contributed by atoms with van der Waals surface area (Å²) in [5.74, 6) is 0. The van der Waals surface area contributed by atoms with Crippen LogP contribution in [0.25, 0.3) is 0 Å². The molecule has 2 aliphatic rings. The maximum atomic E-state index is 13.5. The average Bonchev–Trinajstić information content (AvgIpc) is 3.30. The van der Waals surface area contributed by atoms with Gasteiger partial charge in [-0.05, 0) is 45.2 Å². The number of nitrogens with zero attached hydrogens (tertiary/aromatic N) is 2. The molecular weight excluding hydrogens is 385 g/mol. The molecule has 1 aromatic carbocycles. The van der Waals surface area contributed by atoms with Crippen LogP contribution in [0.2, 0.25) is 0 Å². The van der Waals surface area contributed by atoms with Crippen LogP contribution in [0.3, 0.4) is 0 Å². The summed E-state index contributed by atoms with van der Waals surface area (Å²) in [6.45, 7) is 7.69. The highest BCUT2D eigenvalue weighted by Gasteiger charge is 2.39. The first-order valence-corrected chi connectivity index (χ1v) is 10.0. The largest absolute Gasteiger partial charge is 0.444 e. The van der Waals surface area contributed by atoms with Crippen molar-refractivity contribution in [3.63, 3.8) is 0 Å². The summed E-state index contributed by atoms with van der Waals surface area (Å²) in [4.78, 5) is 16.1. The van der Waals surface area contributed by atoms with Gasteiger partial charge in [-0.25, -0.2) is 4.79 Å². The SMILES string of the molecule is CC(C)(C)OC(=O)N1CC[C@H](N(Cc2ccccc2C(F)(F)F)[C@@H]2CCOC2)C1. The lowest BCUT2D eigenvalue weighted by Crippen LogP contribution is -2.45. The molecule has 0 spiro atoms. The number of ether oxygens (including phenoxy) is 2. The predicted molar refractivity (Wildman–Crippen MR) is 102 cm³/mol. The van der Waals surface area contributed by atoms with Crippen LogP contribution < -0.4 is 0 Å². The standard InChI is InChI=1S/C21H29F3N2O3/c1-20(2,3)29-19(27)25-10-8-16(13-25)26(17-9-11-28-14-17)12-15-6-4-5-7-18(15)21(22,23)24/h4-7,16-17H,8-14H2,1-3H3/t16-,17+/m0/s1. The highest BCUT2D eigenvalue weighted by Crippen LogP contribution is 2.34. The number of likely N-dealkylation sites (tertiary alicyclic amines) is 1. The van der Waals surface area contributed by atoms with Crippen molar-refractivity contribution < 1.29 is 27.4 Å². The summed E-state index contributed by atoms with van der Waals surface area (Å²) >= 11 is 0. The molecule has 162 valence electrons. The van der Waals surface area contributed by atoms with E-state index in [0.29, 0.717) is 32.7 Å². The summed E-state index contributed by atoms with van der Waals surface area (Å²) in [5.41, 5.74) is -0.937. The van der Waals surface area contributed by atoms with E-state index in [9.17, 15) is 18.0 Å². The minimum atomic E-state index is -4.40. The molecule has 0 N–H and O–H groups in total. The van der Waals surface area contributed by atoms with Crippen LogP contribution in [0, 0.1) is 0 Å². The number of alkyl halides is 3. The van der Waals surface area contributed by atoms with Gasteiger partial charge in [0.2, 0.25) is 0 Å². The van der Waals surface area contributed by atoms with Crippen molar-refractivity contribution in [1.29, 1.82) is 0 Å². The molecule has 2 atom stereocenters. The Balaban J connectivity index is 1.77. The van der Waals surface area contributed by atoms with E-state index in [1.54, 1.807) is 11.0 Å². The Hall–Kier alpha value is -1.80. The van der Waals surface area contributed by atoms with Crippen molar-refractivity contribution in [2.45, 2.75) is 64.0 Å². The average molecular weight is 414 g/mol. The van der Waals surface area contributed by atoms with Crippen LogP contribution in [0.15, 0.2) is 24.3 Å². The molecular formula is C21H29F3N2O3. The molecule has 0 radical (unpaired) electrons. The Morgan fingerprint density at radius 1 is 1.21 bits per heavy atom. The van der Waals surface area contributed by atoms with Gasteiger partial charge in [0.1, 0.15) is 5.60 Å². The van der Waals surface area contributed by atoms with E-state index in [4.69, 9.17) is 9.47 Å². The van der Waals surface area contributed by atoms with E-state index in [-0.39, 0.29) is 30.3 Å². The van der Waals surface area contributed by atoms with Gasteiger partial charge in [0.15, 0.2) is 0 Å². The molecule has 3 rings (SSSR count). The van der Waals surface area contributed by atoms with E-state index >= 15 is 0 Å². The van der Waals surface area contributed by atoms with Gasteiger partial charge in [-0.1, -0.05) is 18.2 Å². The first-order valence-electron chi connectivity index (χ1n) is 10.0. The van der Waals surface area contributed by atoms with Crippen molar-refractivity contribution in [3.05, 3.63) is 35.4 Å². The molecule has 1 amide bonds. The zero-order chi connectivity index (χ0) is 21.2. The highest BCUT2D eigenvalue weighted by atomic mass is 19.4. The summed E-state index contributed by atoms with van der Waals surface area (Å²) < 4.78 is 51.4. The smallest absolute Gasteiger partial charge is 0.416 e. The lowest BCUT2D eigenvalue weighted by molar-refractivity contribution is -0.138. The van der Waals surface area contributed by atoms with E-state index in [1.165, 1.54) is 12.1 Å². The van der Waals surface area contributed by atoms with Gasteiger partial charge in [-0.15, -0.1) is 0 Å². The lowest BCUT2D eigenvalue weighted by Gasteiger charge is -2.34. The third kappa shape index (κ3) is 5.63. The third-order valence-corrected chi connectivity index (χ3v) is 5.33. The molecule has 8 heteroatoms. The minimum absolute atomic E-state index is 0.0319. The summed E-state index contributed by atoms with van der Waals surface area (Å²) in [6.07, 6.45) is -3.30. The second-order valence-corrected chi connectivity index (χ2v) is 8.71. The topological polar surface area (TPSA) is 42.0 Å². The number of halogens is 3. The van der Waals surface area contributed by atoms with Crippen LogP contribution in [-0.4, -0.2) is 59.9 Å². The molecule has 2 heterocycles. The Morgan fingerprint density at radius 3 is 2.55 bits per heavy atom. The van der Waals surface area contributed by atoms with Gasteiger partial charge in [0, 0.05) is 38.3 Å². The van der Waals surface area contributed by atoms with Gasteiger partial charge in [0.25, 0.3) is 0 Å². The van der Waals surface area contributed by atoms with Gasteiger partial charge >= 0.3 is 12.3 Å². The maximum Gasteiger partial charge on any atom is 0.416 e. The van der Waals surface area contributed by atoms with Crippen molar-refractivity contribution in [1.82, 2.24) is 9.80 Å². The minimum Gasteiger partial charge on any atom is -0.444 e. The molecule has 5 nitrogen and oxygen atoms in total. The normalized spacial score (nSPS) is 23.1. The van der Waals surface area contributed by atoms with Crippen LogP contribution in [-0.2, 0) is 22.2 Å². The van der Waals surface area contributed by atoms with Crippen LogP contribution in [0.4, 0.5) is 18.0 Å². The van der Waals surface area contributed by atoms with Crippen molar-refractivity contribution >= 4 is 6.09 Å². The zero-order valence-corrected chi connectivity index (χ0v) is 17.2. The molecule has 2 fully saturated rings. The number of carbonyl (C=O) groups excluding carboxylic acids is 1. The van der Waals surface area contributed by atoms with E-state index < -0.39 is 17.3 Å². The molecule has 2 saturated heterocycles. The fraction of sp³-hybridized carbons (Fsp3) is 0.667.